The Morgan fingerprint density at radius 3 is 2.85 bits per heavy atom. The van der Waals surface area contributed by atoms with Crippen molar-refractivity contribution in [2.45, 2.75) is 33.2 Å². The van der Waals surface area contributed by atoms with Crippen LogP contribution in [0.25, 0.3) is 6.08 Å². The lowest BCUT2D eigenvalue weighted by molar-refractivity contribution is 0.297. The van der Waals surface area contributed by atoms with Crippen LogP contribution in [0.5, 0.6) is 11.5 Å². The van der Waals surface area contributed by atoms with Gasteiger partial charge in [0.2, 0.25) is 0 Å². The third-order valence-corrected chi connectivity index (χ3v) is 3.31. The minimum atomic E-state index is 0.478. The number of hydrogen-bond acceptors (Lipinski definition) is 3. The number of benzene rings is 1. The van der Waals surface area contributed by atoms with Gasteiger partial charge < -0.3 is 14.8 Å². The molecule has 3 nitrogen and oxygen atoms in total. The maximum atomic E-state index is 6.28. The fourth-order valence-electron chi connectivity index (χ4n) is 2.03. The first kappa shape index (κ1) is 15.2. The lowest BCUT2D eigenvalue weighted by Gasteiger charge is -2.11. The molecule has 1 aromatic rings. The molecule has 1 aliphatic heterocycles. The van der Waals surface area contributed by atoms with Crippen molar-refractivity contribution in [2.24, 2.45) is 0 Å². The van der Waals surface area contributed by atoms with Gasteiger partial charge in [-0.05, 0) is 24.6 Å². The van der Waals surface area contributed by atoms with Gasteiger partial charge in [-0.25, -0.2) is 0 Å². The van der Waals surface area contributed by atoms with Gasteiger partial charge in [-0.1, -0.05) is 37.1 Å². The second-order valence-electron chi connectivity index (χ2n) is 5.41. The van der Waals surface area contributed by atoms with E-state index in [4.69, 9.17) is 21.1 Å². The molecule has 0 atom stereocenters. The van der Waals surface area contributed by atoms with Crippen molar-refractivity contribution in [1.29, 1.82) is 0 Å². The molecule has 0 bridgehead atoms. The van der Waals surface area contributed by atoms with E-state index in [9.17, 15) is 0 Å². The summed E-state index contributed by atoms with van der Waals surface area (Å²) in [4.78, 5) is 0. The van der Waals surface area contributed by atoms with E-state index in [0.717, 1.165) is 24.3 Å². The van der Waals surface area contributed by atoms with E-state index in [1.54, 1.807) is 0 Å². The fourth-order valence-corrected chi connectivity index (χ4v) is 2.31. The number of halogens is 1. The molecule has 0 unspecified atom stereocenters. The maximum absolute atomic E-state index is 6.28. The Balaban J connectivity index is 2.18. The molecule has 0 fully saturated rings. The zero-order valence-corrected chi connectivity index (χ0v) is 13.1. The van der Waals surface area contributed by atoms with Gasteiger partial charge in [-0.15, -0.1) is 0 Å². The molecule has 0 saturated heterocycles. The molecule has 0 saturated carbocycles. The molecule has 1 N–H and O–H groups in total. The summed E-state index contributed by atoms with van der Waals surface area (Å²) in [5, 5.41) is 4.01. The van der Waals surface area contributed by atoms with E-state index < -0.39 is 0 Å². The third kappa shape index (κ3) is 4.15. The third-order valence-electron chi connectivity index (χ3n) is 3.03. The van der Waals surface area contributed by atoms with Gasteiger partial charge in [-0.3, -0.25) is 0 Å². The summed E-state index contributed by atoms with van der Waals surface area (Å²) >= 11 is 6.28. The highest BCUT2D eigenvalue weighted by molar-refractivity contribution is 6.32. The van der Waals surface area contributed by atoms with E-state index in [0.29, 0.717) is 30.0 Å². The Bertz CT molecular complexity index is 497. The lowest BCUT2D eigenvalue weighted by atomic mass is 10.1. The van der Waals surface area contributed by atoms with E-state index in [1.807, 2.05) is 12.1 Å². The van der Waals surface area contributed by atoms with Gasteiger partial charge in [0.25, 0.3) is 0 Å². The summed E-state index contributed by atoms with van der Waals surface area (Å²) < 4.78 is 11.3. The maximum Gasteiger partial charge on any atom is 0.179 e. The number of hydrogen-bond donors (Lipinski definition) is 1. The Morgan fingerprint density at radius 1 is 1.35 bits per heavy atom. The average Bonchev–Trinajstić information content (AvgIpc) is 2.62. The van der Waals surface area contributed by atoms with Crippen molar-refractivity contribution in [2.75, 3.05) is 19.8 Å². The van der Waals surface area contributed by atoms with E-state index in [1.165, 1.54) is 5.57 Å². The van der Waals surface area contributed by atoms with Gasteiger partial charge in [-0.2, -0.15) is 0 Å². The highest BCUT2D eigenvalue weighted by Gasteiger charge is 2.14. The molecule has 4 heteroatoms. The first-order chi connectivity index (χ1) is 9.56. The van der Waals surface area contributed by atoms with Crippen LogP contribution in [-0.2, 0) is 0 Å². The highest BCUT2D eigenvalue weighted by Crippen LogP contribution is 2.38. The minimum Gasteiger partial charge on any atom is -0.489 e. The van der Waals surface area contributed by atoms with Crippen LogP contribution in [0.15, 0.2) is 17.7 Å². The van der Waals surface area contributed by atoms with Gasteiger partial charge in [0.05, 0.1) is 18.2 Å². The molecule has 0 amide bonds. The Morgan fingerprint density at radius 2 is 2.10 bits per heavy atom. The summed E-state index contributed by atoms with van der Waals surface area (Å²) in [6.45, 7) is 8.56. The molecule has 2 rings (SSSR count). The number of rotatable bonds is 4. The smallest absolute Gasteiger partial charge is 0.179 e. The average molecular weight is 296 g/mol. The van der Waals surface area contributed by atoms with Crippen LogP contribution in [0.3, 0.4) is 0 Å². The molecule has 110 valence electrons. The normalized spacial score (nSPS) is 15.3. The van der Waals surface area contributed by atoms with Gasteiger partial charge in [0, 0.05) is 19.0 Å². The predicted molar refractivity (Wildman–Crippen MR) is 83.8 cm³/mol. The topological polar surface area (TPSA) is 30.5 Å². The van der Waals surface area contributed by atoms with Crippen LogP contribution in [0.4, 0.5) is 0 Å². The highest BCUT2D eigenvalue weighted by atomic mass is 35.5. The second kappa shape index (κ2) is 7.00. The molecule has 1 aromatic carbocycles. The van der Waals surface area contributed by atoms with Crippen LogP contribution in [0.2, 0.25) is 5.02 Å². The molecule has 0 spiro atoms. The largest absolute Gasteiger partial charge is 0.489 e. The molecular weight excluding hydrogens is 274 g/mol. The molecule has 1 aliphatic rings. The Hall–Kier alpha value is -1.19. The Labute approximate surface area is 125 Å². The van der Waals surface area contributed by atoms with E-state index in [-0.39, 0.29) is 0 Å². The van der Waals surface area contributed by atoms with Gasteiger partial charge >= 0.3 is 0 Å². The van der Waals surface area contributed by atoms with Crippen LogP contribution in [0, 0.1) is 0 Å². The zero-order valence-electron chi connectivity index (χ0n) is 12.3. The van der Waals surface area contributed by atoms with E-state index >= 15 is 0 Å². The fraction of sp³-hybridized carbons (Fsp3) is 0.500. The molecular formula is C16H22ClNO2. The Kier molecular flexibility index (Phi) is 5.32. The van der Waals surface area contributed by atoms with Gasteiger partial charge in [0.1, 0.15) is 0 Å². The van der Waals surface area contributed by atoms with Crippen molar-refractivity contribution in [3.63, 3.8) is 0 Å². The predicted octanol–water partition coefficient (Wildman–Crippen LogP) is 3.90. The molecule has 0 aromatic heterocycles. The van der Waals surface area contributed by atoms with Crippen LogP contribution in [0.1, 0.15) is 32.8 Å². The summed E-state index contributed by atoms with van der Waals surface area (Å²) in [5.41, 5.74) is 2.30. The van der Waals surface area contributed by atoms with Crippen molar-refractivity contribution in [3.05, 3.63) is 28.3 Å². The summed E-state index contributed by atoms with van der Waals surface area (Å²) in [7, 11) is 0. The summed E-state index contributed by atoms with van der Waals surface area (Å²) in [6, 6.07) is 4.39. The van der Waals surface area contributed by atoms with Crippen LogP contribution < -0.4 is 14.8 Å². The van der Waals surface area contributed by atoms with Crippen molar-refractivity contribution in [3.8, 4) is 11.5 Å². The quantitative estimate of drug-likeness (QED) is 0.914. The zero-order chi connectivity index (χ0) is 14.5. The monoisotopic (exact) mass is 295 g/mol. The van der Waals surface area contributed by atoms with Crippen molar-refractivity contribution < 1.29 is 9.47 Å². The van der Waals surface area contributed by atoms with Crippen molar-refractivity contribution >= 4 is 17.7 Å². The number of nitrogens with one attached hydrogen (secondary N) is 1. The lowest BCUT2D eigenvalue weighted by Crippen LogP contribution is -2.24. The van der Waals surface area contributed by atoms with Crippen LogP contribution in [-0.4, -0.2) is 25.8 Å². The summed E-state index contributed by atoms with van der Waals surface area (Å²) in [5.74, 6) is 1.41. The van der Waals surface area contributed by atoms with Crippen molar-refractivity contribution in [1.82, 2.24) is 5.32 Å². The minimum absolute atomic E-state index is 0.478. The standard InChI is InChI=1S/C16H22ClNO2/c1-11(2)18-10-12(3)7-13-8-14(17)16-15(9-13)19-5-4-6-20-16/h7-9,11,18H,4-6,10H2,1-3H3. The molecule has 0 aliphatic carbocycles. The molecule has 0 radical (unpaired) electrons. The second-order valence-corrected chi connectivity index (χ2v) is 5.81. The first-order valence-corrected chi connectivity index (χ1v) is 7.44. The SMILES string of the molecule is CC(=Cc1cc(Cl)c2c(c1)OCCCO2)CNC(C)C. The van der Waals surface area contributed by atoms with E-state index in [2.05, 4.69) is 32.2 Å². The van der Waals surface area contributed by atoms with Gasteiger partial charge in [0.15, 0.2) is 11.5 Å². The van der Waals surface area contributed by atoms with Crippen LogP contribution >= 0.6 is 11.6 Å². The summed E-state index contributed by atoms with van der Waals surface area (Å²) in [6.07, 6.45) is 3.00. The first-order valence-electron chi connectivity index (χ1n) is 7.06. The number of fused-ring (bicyclic) bond motifs is 1. The molecule has 1 heterocycles. The number of ether oxygens (including phenoxy) is 2. The molecule has 20 heavy (non-hydrogen) atoms.